The molecule has 4 N–H and O–H groups in total. The molecule has 1 aliphatic rings. The molecule has 1 atom stereocenters. The molecule has 4 heteroatoms. The van der Waals surface area contributed by atoms with Crippen molar-refractivity contribution in [1.82, 2.24) is 5.32 Å². The van der Waals surface area contributed by atoms with Crippen molar-refractivity contribution in [3.63, 3.8) is 0 Å². The number of nitrogens with two attached hydrogens (primary N) is 1. The zero-order chi connectivity index (χ0) is 17.1. The van der Waals surface area contributed by atoms with Gasteiger partial charge in [-0.05, 0) is 30.7 Å². The summed E-state index contributed by atoms with van der Waals surface area (Å²) in [5, 5.41) is 6.25. The largest absolute Gasteiger partial charge is 0.361 e. The Morgan fingerprint density at radius 2 is 1.52 bits per heavy atom. The minimum absolute atomic E-state index is 0.0341. The third-order valence-corrected chi connectivity index (χ3v) is 3.17. The van der Waals surface area contributed by atoms with E-state index in [-0.39, 0.29) is 12.1 Å². The lowest BCUT2D eigenvalue weighted by Crippen LogP contribution is -2.38. The SMILES string of the molecule is CC.CCCN.O=C1NC(c2ccccc2)Nc2ccccc21. The van der Waals surface area contributed by atoms with E-state index in [0.29, 0.717) is 5.56 Å². The van der Waals surface area contributed by atoms with Crippen molar-refractivity contribution in [2.75, 3.05) is 11.9 Å². The highest BCUT2D eigenvalue weighted by atomic mass is 16.2. The number of rotatable bonds is 2. The van der Waals surface area contributed by atoms with E-state index < -0.39 is 0 Å². The van der Waals surface area contributed by atoms with E-state index in [1.807, 2.05) is 68.4 Å². The van der Waals surface area contributed by atoms with Gasteiger partial charge in [-0.2, -0.15) is 0 Å². The van der Waals surface area contributed by atoms with Gasteiger partial charge in [-0.25, -0.2) is 0 Å². The summed E-state index contributed by atoms with van der Waals surface area (Å²) in [5.41, 5.74) is 7.65. The molecule has 124 valence electrons. The molecule has 2 aromatic carbocycles. The van der Waals surface area contributed by atoms with Gasteiger partial charge in [0.15, 0.2) is 0 Å². The van der Waals surface area contributed by atoms with Crippen LogP contribution in [0.5, 0.6) is 0 Å². The summed E-state index contributed by atoms with van der Waals surface area (Å²) in [6, 6.07) is 17.4. The summed E-state index contributed by atoms with van der Waals surface area (Å²) in [7, 11) is 0. The molecule has 1 amide bonds. The standard InChI is InChI=1S/C14H12N2O.C3H9N.C2H6/c17-14-11-8-4-5-9-12(11)15-13(16-14)10-6-2-1-3-7-10;1-2-3-4;1-2/h1-9,13,15H,(H,16,17);2-4H2,1H3;1-2H3. The normalized spacial score (nSPS) is 14.8. The number of amides is 1. The Morgan fingerprint density at radius 1 is 0.957 bits per heavy atom. The van der Waals surface area contributed by atoms with Crippen LogP contribution in [0.1, 0.15) is 49.3 Å². The second-order valence-corrected chi connectivity index (χ2v) is 4.80. The minimum Gasteiger partial charge on any atom is -0.361 e. The molecule has 23 heavy (non-hydrogen) atoms. The fourth-order valence-corrected chi connectivity index (χ4v) is 2.02. The predicted molar refractivity (Wildman–Crippen MR) is 97.4 cm³/mol. The van der Waals surface area contributed by atoms with Crippen molar-refractivity contribution in [1.29, 1.82) is 0 Å². The number of carbonyl (C=O) groups excluding carboxylic acids is 1. The summed E-state index contributed by atoms with van der Waals surface area (Å²) in [6.07, 6.45) is 0.943. The van der Waals surface area contributed by atoms with E-state index in [9.17, 15) is 4.79 Å². The molecular formula is C19H27N3O. The number of anilines is 1. The van der Waals surface area contributed by atoms with Crippen LogP contribution in [0, 0.1) is 0 Å². The minimum atomic E-state index is -0.154. The zero-order valence-electron chi connectivity index (χ0n) is 14.2. The van der Waals surface area contributed by atoms with E-state index in [4.69, 9.17) is 5.73 Å². The molecule has 0 aromatic heterocycles. The van der Waals surface area contributed by atoms with Gasteiger partial charge in [0.05, 0.1) is 5.56 Å². The average molecular weight is 313 g/mol. The van der Waals surface area contributed by atoms with Crippen LogP contribution in [0.15, 0.2) is 54.6 Å². The lowest BCUT2D eigenvalue weighted by atomic mass is 10.1. The Kier molecular flexibility index (Phi) is 8.47. The molecule has 4 nitrogen and oxygen atoms in total. The molecule has 0 bridgehead atoms. The highest BCUT2D eigenvalue weighted by molar-refractivity contribution is 6.01. The molecule has 1 heterocycles. The maximum absolute atomic E-state index is 11.9. The average Bonchev–Trinajstić information content (AvgIpc) is 2.64. The molecular weight excluding hydrogens is 286 g/mol. The topological polar surface area (TPSA) is 67.2 Å². The predicted octanol–water partition coefficient (Wildman–Crippen LogP) is 3.92. The van der Waals surface area contributed by atoms with Gasteiger partial charge in [0, 0.05) is 5.69 Å². The first-order valence-electron chi connectivity index (χ1n) is 8.17. The lowest BCUT2D eigenvalue weighted by molar-refractivity contribution is 0.0935. The van der Waals surface area contributed by atoms with Crippen LogP contribution >= 0.6 is 0 Å². The van der Waals surface area contributed by atoms with E-state index in [1.54, 1.807) is 0 Å². The third kappa shape index (κ3) is 5.42. The lowest BCUT2D eigenvalue weighted by Gasteiger charge is -2.28. The van der Waals surface area contributed by atoms with Crippen molar-refractivity contribution in [2.24, 2.45) is 5.73 Å². The summed E-state index contributed by atoms with van der Waals surface area (Å²) < 4.78 is 0. The highest BCUT2D eigenvalue weighted by Crippen LogP contribution is 2.25. The molecule has 0 spiro atoms. The van der Waals surface area contributed by atoms with Crippen LogP contribution < -0.4 is 16.4 Å². The van der Waals surface area contributed by atoms with E-state index in [2.05, 4.69) is 17.6 Å². The summed E-state index contributed by atoms with van der Waals surface area (Å²) in [5.74, 6) is -0.0341. The van der Waals surface area contributed by atoms with Crippen molar-refractivity contribution >= 4 is 11.6 Å². The van der Waals surface area contributed by atoms with Gasteiger partial charge in [-0.3, -0.25) is 4.79 Å². The second kappa shape index (κ2) is 10.4. The quantitative estimate of drug-likeness (QED) is 0.787. The number of fused-ring (bicyclic) bond motifs is 1. The van der Waals surface area contributed by atoms with Crippen LogP contribution in [0.25, 0.3) is 0 Å². The van der Waals surface area contributed by atoms with E-state index in [0.717, 1.165) is 24.2 Å². The maximum Gasteiger partial charge on any atom is 0.255 e. The smallest absolute Gasteiger partial charge is 0.255 e. The van der Waals surface area contributed by atoms with Gasteiger partial charge in [0.1, 0.15) is 6.17 Å². The molecule has 0 saturated carbocycles. The Hall–Kier alpha value is -2.33. The highest BCUT2D eigenvalue weighted by Gasteiger charge is 2.23. The molecule has 1 unspecified atom stereocenters. The van der Waals surface area contributed by atoms with Gasteiger partial charge in [-0.15, -0.1) is 0 Å². The molecule has 0 fully saturated rings. The molecule has 0 aliphatic carbocycles. The third-order valence-electron chi connectivity index (χ3n) is 3.17. The summed E-state index contributed by atoms with van der Waals surface area (Å²) in [6.45, 7) is 6.88. The number of nitrogens with one attached hydrogen (secondary N) is 2. The van der Waals surface area contributed by atoms with Gasteiger partial charge < -0.3 is 16.4 Å². The van der Waals surface area contributed by atoms with Crippen molar-refractivity contribution in [3.8, 4) is 0 Å². The fraction of sp³-hybridized carbons (Fsp3) is 0.316. The zero-order valence-corrected chi connectivity index (χ0v) is 14.2. The van der Waals surface area contributed by atoms with Gasteiger partial charge in [0.25, 0.3) is 5.91 Å². The first-order chi connectivity index (χ1) is 11.3. The van der Waals surface area contributed by atoms with Crippen LogP contribution in [0.4, 0.5) is 5.69 Å². The fourth-order valence-electron chi connectivity index (χ4n) is 2.02. The second-order valence-electron chi connectivity index (χ2n) is 4.80. The van der Waals surface area contributed by atoms with Crippen LogP contribution in [0.2, 0.25) is 0 Å². The van der Waals surface area contributed by atoms with Gasteiger partial charge >= 0.3 is 0 Å². The van der Waals surface area contributed by atoms with Crippen molar-refractivity contribution in [3.05, 3.63) is 65.7 Å². The first-order valence-corrected chi connectivity index (χ1v) is 8.17. The maximum atomic E-state index is 11.9. The van der Waals surface area contributed by atoms with E-state index in [1.165, 1.54) is 0 Å². The first kappa shape index (κ1) is 18.7. The monoisotopic (exact) mass is 313 g/mol. The Bertz CT molecular complexity index is 582. The number of carbonyl (C=O) groups is 1. The number of para-hydroxylation sites is 1. The number of hydrogen-bond acceptors (Lipinski definition) is 3. The van der Waals surface area contributed by atoms with Crippen LogP contribution in [-0.4, -0.2) is 12.5 Å². The Morgan fingerprint density at radius 3 is 2.13 bits per heavy atom. The molecule has 0 saturated heterocycles. The van der Waals surface area contributed by atoms with Crippen molar-refractivity contribution in [2.45, 2.75) is 33.4 Å². The van der Waals surface area contributed by atoms with Gasteiger partial charge in [0.2, 0.25) is 0 Å². The molecule has 3 rings (SSSR count). The van der Waals surface area contributed by atoms with Gasteiger partial charge in [-0.1, -0.05) is 63.2 Å². The molecule has 0 radical (unpaired) electrons. The Balaban J connectivity index is 0.000000388. The van der Waals surface area contributed by atoms with E-state index >= 15 is 0 Å². The summed E-state index contributed by atoms with van der Waals surface area (Å²) >= 11 is 0. The number of hydrogen-bond donors (Lipinski definition) is 3. The summed E-state index contributed by atoms with van der Waals surface area (Å²) in [4.78, 5) is 11.9. The molecule has 1 aliphatic heterocycles. The van der Waals surface area contributed by atoms with Crippen molar-refractivity contribution < 1.29 is 4.79 Å². The molecule has 2 aromatic rings. The van der Waals surface area contributed by atoms with Crippen LogP contribution in [0.3, 0.4) is 0 Å². The Labute approximate surface area is 139 Å². The van der Waals surface area contributed by atoms with Crippen LogP contribution in [-0.2, 0) is 0 Å². The number of benzene rings is 2.